The summed E-state index contributed by atoms with van der Waals surface area (Å²) in [6.07, 6.45) is 7.10. The molecule has 4 rings (SSSR count). The Labute approximate surface area is 254 Å². The quantitative estimate of drug-likeness (QED) is 0.352. The number of hydrogen-bond acceptors (Lipinski definition) is 3. The van der Waals surface area contributed by atoms with Crippen LogP contribution < -0.4 is 5.32 Å². The van der Waals surface area contributed by atoms with E-state index in [4.69, 9.17) is 16.6 Å². The largest absolute Gasteiger partial charge is 0.343 e. The standard InChI is InChI=1S/C21H21Br2ClN2O.C6H15N.2C2H6/c1-12(27)26-6-4-13(5-7-26)20-19-14(9-17(24)10-18(19)23)2-3-15-8-16(22)11-25-21(15)20;1-4-6(2)5-7-3;2*1-2/h8-11,13,20H,2-7H2,1H3;6-7H,4-5H2,1-3H3;2*1-2H3. The van der Waals surface area contributed by atoms with Crippen molar-refractivity contribution in [1.82, 2.24) is 15.2 Å². The van der Waals surface area contributed by atoms with Crippen molar-refractivity contribution in [3.8, 4) is 0 Å². The normalized spacial score (nSPS) is 17.1. The van der Waals surface area contributed by atoms with Crippen LogP contribution in [-0.2, 0) is 17.6 Å². The molecule has 0 saturated carbocycles. The monoisotopic (exact) mass is 671 g/mol. The molecule has 1 aliphatic heterocycles. The number of nitrogens with zero attached hydrogens (tertiary/aromatic N) is 2. The summed E-state index contributed by atoms with van der Waals surface area (Å²) in [6.45, 7) is 16.9. The van der Waals surface area contributed by atoms with Gasteiger partial charge in [-0.05, 0) is 102 Å². The Morgan fingerprint density at radius 1 is 1.11 bits per heavy atom. The van der Waals surface area contributed by atoms with Crippen molar-refractivity contribution in [1.29, 1.82) is 0 Å². The summed E-state index contributed by atoms with van der Waals surface area (Å²) >= 11 is 13.7. The van der Waals surface area contributed by atoms with Gasteiger partial charge in [0, 0.05) is 46.1 Å². The molecular weight excluding hydrogens is 626 g/mol. The van der Waals surface area contributed by atoms with E-state index < -0.39 is 0 Å². The number of carbonyl (C=O) groups excluding carboxylic acids is 1. The lowest BCUT2D eigenvalue weighted by molar-refractivity contribution is -0.130. The number of piperidine rings is 1. The topological polar surface area (TPSA) is 45.2 Å². The number of likely N-dealkylation sites (tertiary alicyclic amines) is 1. The lowest BCUT2D eigenvalue weighted by atomic mass is 9.76. The lowest BCUT2D eigenvalue weighted by Crippen LogP contribution is -2.39. The summed E-state index contributed by atoms with van der Waals surface area (Å²) in [4.78, 5) is 18.6. The van der Waals surface area contributed by atoms with Crippen LogP contribution in [0.4, 0.5) is 0 Å². The Morgan fingerprint density at radius 3 is 2.24 bits per heavy atom. The first-order chi connectivity index (χ1) is 18.2. The van der Waals surface area contributed by atoms with Crippen molar-refractivity contribution >= 4 is 49.4 Å². The highest BCUT2D eigenvalue weighted by Crippen LogP contribution is 2.46. The number of halogens is 3. The van der Waals surface area contributed by atoms with Gasteiger partial charge in [0.05, 0.1) is 5.69 Å². The zero-order valence-corrected chi connectivity index (χ0v) is 28.6. The molecule has 2 aliphatic rings. The smallest absolute Gasteiger partial charge is 0.219 e. The summed E-state index contributed by atoms with van der Waals surface area (Å²) in [7, 11) is 1.99. The third kappa shape index (κ3) is 9.91. The second-order valence-electron chi connectivity index (χ2n) is 9.55. The van der Waals surface area contributed by atoms with E-state index in [0.29, 0.717) is 5.92 Å². The van der Waals surface area contributed by atoms with Crippen molar-refractivity contribution < 1.29 is 4.79 Å². The van der Waals surface area contributed by atoms with E-state index in [1.165, 1.54) is 28.8 Å². The van der Waals surface area contributed by atoms with Gasteiger partial charge in [0.1, 0.15) is 0 Å². The molecule has 4 nitrogen and oxygen atoms in total. The highest BCUT2D eigenvalue weighted by Gasteiger charge is 2.35. The predicted octanol–water partition coefficient (Wildman–Crippen LogP) is 9.05. The minimum Gasteiger partial charge on any atom is -0.343 e. The molecule has 0 bridgehead atoms. The van der Waals surface area contributed by atoms with Crippen molar-refractivity contribution in [2.45, 2.75) is 86.5 Å². The van der Waals surface area contributed by atoms with Gasteiger partial charge in [0.15, 0.2) is 0 Å². The fourth-order valence-corrected chi connectivity index (χ4v) is 6.57. The van der Waals surface area contributed by atoms with Gasteiger partial charge in [-0.25, -0.2) is 0 Å². The zero-order chi connectivity index (χ0) is 28.8. The van der Waals surface area contributed by atoms with Crippen molar-refractivity contribution in [3.05, 3.63) is 60.7 Å². The number of amides is 1. The summed E-state index contributed by atoms with van der Waals surface area (Å²) < 4.78 is 2.09. The number of hydrogen-bond donors (Lipinski definition) is 1. The molecule has 0 spiro atoms. The van der Waals surface area contributed by atoms with E-state index >= 15 is 0 Å². The van der Waals surface area contributed by atoms with Crippen LogP contribution >= 0.6 is 43.5 Å². The van der Waals surface area contributed by atoms with Crippen LogP contribution in [0.2, 0.25) is 5.02 Å². The summed E-state index contributed by atoms with van der Waals surface area (Å²) in [5.41, 5.74) is 5.13. The molecule has 1 fully saturated rings. The maximum atomic E-state index is 11.7. The van der Waals surface area contributed by atoms with Gasteiger partial charge in [-0.2, -0.15) is 0 Å². The second-order valence-corrected chi connectivity index (χ2v) is 11.8. The first kappa shape index (κ1) is 35.1. The van der Waals surface area contributed by atoms with E-state index in [1.807, 2.05) is 51.9 Å². The van der Waals surface area contributed by atoms with Gasteiger partial charge < -0.3 is 10.2 Å². The van der Waals surface area contributed by atoms with Gasteiger partial charge in [0.25, 0.3) is 0 Å². The van der Waals surface area contributed by atoms with Crippen molar-refractivity contribution in [3.63, 3.8) is 0 Å². The highest BCUT2D eigenvalue weighted by atomic mass is 79.9. The molecule has 2 aromatic rings. The molecule has 1 N–H and O–H groups in total. The van der Waals surface area contributed by atoms with Gasteiger partial charge >= 0.3 is 0 Å². The average molecular weight is 674 g/mol. The van der Waals surface area contributed by atoms with E-state index in [9.17, 15) is 4.79 Å². The van der Waals surface area contributed by atoms with Crippen LogP contribution in [0, 0.1) is 11.8 Å². The number of rotatable bonds is 4. The maximum Gasteiger partial charge on any atom is 0.219 e. The molecule has 1 saturated heterocycles. The molecular formula is C31H48Br2ClN3O. The zero-order valence-electron chi connectivity index (χ0n) is 24.6. The summed E-state index contributed by atoms with van der Waals surface area (Å²) in [6, 6.07) is 6.32. The van der Waals surface area contributed by atoms with Gasteiger partial charge in [-0.3, -0.25) is 9.78 Å². The molecule has 0 radical (unpaired) electrons. The van der Waals surface area contributed by atoms with Gasteiger partial charge in [-0.1, -0.05) is 75.5 Å². The van der Waals surface area contributed by atoms with E-state index in [0.717, 1.165) is 65.2 Å². The summed E-state index contributed by atoms with van der Waals surface area (Å²) in [5.74, 6) is 1.70. The Balaban J connectivity index is 0.000000566. The minimum atomic E-state index is 0.171. The SMILES string of the molecule is CC.CC.CC(=O)N1CCC(C2c3ncc(Br)cc3CCc3cc(Cl)cc(Br)c32)CC1.CCC(C)CNC. The Hall–Kier alpha value is -0.950. The van der Waals surface area contributed by atoms with Crippen LogP contribution in [0.5, 0.6) is 0 Å². The number of aryl methyl sites for hydroxylation is 2. The average Bonchev–Trinajstić information content (AvgIpc) is 3.08. The van der Waals surface area contributed by atoms with Gasteiger partial charge in [-0.15, -0.1) is 0 Å². The van der Waals surface area contributed by atoms with Crippen LogP contribution in [0.25, 0.3) is 0 Å². The first-order valence-corrected chi connectivity index (χ1v) is 16.2. The Kier molecular flexibility index (Phi) is 17.0. The number of pyridine rings is 1. The van der Waals surface area contributed by atoms with E-state index in [-0.39, 0.29) is 11.8 Å². The Morgan fingerprint density at radius 2 is 1.71 bits per heavy atom. The molecule has 2 atom stereocenters. The number of benzene rings is 1. The third-order valence-corrected chi connectivity index (χ3v) is 8.43. The van der Waals surface area contributed by atoms with Crippen LogP contribution in [-0.4, -0.2) is 42.5 Å². The molecule has 1 aliphatic carbocycles. The minimum absolute atomic E-state index is 0.171. The Bertz CT molecular complexity index is 993. The summed E-state index contributed by atoms with van der Waals surface area (Å²) in [5, 5.41) is 3.89. The van der Waals surface area contributed by atoms with Crippen molar-refractivity contribution in [2.75, 3.05) is 26.7 Å². The highest BCUT2D eigenvalue weighted by molar-refractivity contribution is 9.10. The molecule has 1 aromatic carbocycles. The number of nitrogens with one attached hydrogen (secondary N) is 1. The molecule has 1 amide bonds. The molecule has 214 valence electrons. The third-order valence-electron chi connectivity index (χ3n) is 7.12. The molecule has 2 heterocycles. The van der Waals surface area contributed by atoms with E-state index in [2.05, 4.69) is 63.2 Å². The fraction of sp³-hybridized carbons (Fsp3) is 0.613. The lowest BCUT2D eigenvalue weighted by Gasteiger charge is -2.36. The number of fused-ring (bicyclic) bond motifs is 2. The van der Waals surface area contributed by atoms with Crippen LogP contribution in [0.1, 0.15) is 96.0 Å². The number of carbonyl (C=O) groups is 1. The second kappa shape index (κ2) is 18.4. The van der Waals surface area contributed by atoms with Crippen molar-refractivity contribution in [2.24, 2.45) is 11.8 Å². The fourth-order valence-electron chi connectivity index (χ4n) is 5.07. The molecule has 7 heteroatoms. The van der Waals surface area contributed by atoms with Gasteiger partial charge in [0.2, 0.25) is 5.91 Å². The molecule has 2 unspecified atom stereocenters. The van der Waals surface area contributed by atoms with Crippen LogP contribution in [0.15, 0.2) is 33.3 Å². The maximum absolute atomic E-state index is 11.7. The van der Waals surface area contributed by atoms with Crippen LogP contribution in [0.3, 0.4) is 0 Å². The predicted molar refractivity (Wildman–Crippen MR) is 171 cm³/mol. The molecule has 1 aromatic heterocycles. The van der Waals surface area contributed by atoms with E-state index in [1.54, 1.807) is 6.92 Å². The number of aromatic nitrogens is 1. The molecule has 38 heavy (non-hydrogen) atoms. The first-order valence-electron chi connectivity index (χ1n) is 14.3.